The highest BCUT2D eigenvalue weighted by Gasteiger charge is 2.15. The molecule has 0 saturated carbocycles. The fourth-order valence-corrected chi connectivity index (χ4v) is 3.61. The molecular formula is C19H20OS. The highest BCUT2D eigenvalue weighted by Crippen LogP contribution is 2.33. The number of thiophene rings is 1. The van der Waals surface area contributed by atoms with Crippen LogP contribution in [-0.2, 0) is 0 Å². The van der Waals surface area contributed by atoms with Gasteiger partial charge in [-0.05, 0) is 40.3 Å². The van der Waals surface area contributed by atoms with E-state index in [9.17, 15) is 5.11 Å². The lowest BCUT2D eigenvalue weighted by Gasteiger charge is -2.13. The molecule has 0 fully saturated rings. The van der Waals surface area contributed by atoms with Gasteiger partial charge in [-0.1, -0.05) is 56.3 Å². The molecule has 3 rings (SSSR count). The van der Waals surface area contributed by atoms with Crippen molar-refractivity contribution in [2.75, 3.05) is 0 Å². The fourth-order valence-electron chi connectivity index (χ4n) is 2.63. The first-order chi connectivity index (χ1) is 10.2. The van der Waals surface area contributed by atoms with Gasteiger partial charge in [0.1, 0.15) is 6.10 Å². The molecule has 0 amide bonds. The topological polar surface area (TPSA) is 20.2 Å². The van der Waals surface area contributed by atoms with Crippen LogP contribution in [0.1, 0.15) is 49.0 Å². The summed E-state index contributed by atoms with van der Waals surface area (Å²) in [6, 6.07) is 16.6. The Labute approximate surface area is 129 Å². The Morgan fingerprint density at radius 1 is 1.00 bits per heavy atom. The van der Waals surface area contributed by atoms with Crippen molar-refractivity contribution < 1.29 is 5.11 Å². The molecule has 0 aliphatic rings. The third-order valence-corrected chi connectivity index (χ3v) is 5.22. The van der Waals surface area contributed by atoms with E-state index >= 15 is 0 Å². The SMILES string of the molecule is CCC(C)c1ccc(C(O)c2csc3ccccc23)cc1. The molecule has 0 radical (unpaired) electrons. The maximum atomic E-state index is 10.7. The number of rotatable bonds is 4. The molecule has 2 atom stereocenters. The maximum Gasteiger partial charge on any atom is 0.105 e. The zero-order valence-electron chi connectivity index (χ0n) is 12.4. The van der Waals surface area contributed by atoms with E-state index in [0.29, 0.717) is 5.92 Å². The molecule has 1 nitrogen and oxygen atoms in total. The van der Waals surface area contributed by atoms with Crippen molar-refractivity contribution in [1.82, 2.24) is 0 Å². The number of aliphatic hydroxyl groups excluding tert-OH is 1. The van der Waals surface area contributed by atoms with Crippen LogP contribution in [0.5, 0.6) is 0 Å². The molecule has 108 valence electrons. The average molecular weight is 296 g/mol. The number of fused-ring (bicyclic) bond motifs is 1. The molecule has 2 unspecified atom stereocenters. The van der Waals surface area contributed by atoms with Gasteiger partial charge < -0.3 is 5.11 Å². The van der Waals surface area contributed by atoms with E-state index in [1.165, 1.54) is 10.3 Å². The first-order valence-electron chi connectivity index (χ1n) is 7.44. The van der Waals surface area contributed by atoms with Crippen molar-refractivity contribution in [2.24, 2.45) is 0 Å². The van der Waals surface area contributed by atoms with Crippen LogP contribution in [0.25, 0.3) is 10.1 Å². The summed E-state index contributed by atoms with van der Waals surface area (Å²) < 4.78 is 1.22. The van der Waals surface area contributed by atoms with Crippen LogP contribution in [0.2, 0.25) is 0 Å². The molecule has 3 aromatic rings. The normalized spacial score (nSPS) is 14.2. The van der Waals surface area contributed by atoms with Crippen LogP contribution in [0.3, 0.4) is 0 Å². The minimum absolute atomic E-state index is 0.549. The molecule has 0 aliphatic carbocycles. The highest BCUT2D eigenvalue weighted by molar-refractivity contribution is 7.17. The van der Waals surface area contributed by atoms with Gasteiger partial charge in [-0.2, -0.15) is 0 Å². The molecule has 1 N–H and O–H groups in total. The molecule has 1 heterocycles. The Bertz CT molecular complexity index is 727. The summed E-state index contributed by atoms with van der Waals surface area (Å²) in [6.45, 7) is 4.43. The van der Waals surface area contributed by atoms with Crippen LogP contribution in [0.15, 0.2) is 53.9 Å². The summed E-state index contributed by atoms with van der Waals surface area (Å²) in [7, 11) is 0. The lowest BCUT2D eigenvalue weighted by molar-refractivity contribution is 0.222. The predicted molar refractivity (Wildman–Crippen MR) is 91.0 cm³/mol. The van der Waals surface area contributed by atoms with Crippen molar-refractivity contribution in [2.45, 2.75) is 32.3 Å². The first kappa shape index (κ1) is 14.3. The highest BCUT2D eigenvalue weighted by atomic mass is 32.1. The summed E-state index contributed by atoms with van der Waals surface area (Å²) in [6.07, 6.45) is 0.587. The van der Waals surface area contributed by atoms with Crippen molar-refractivity contribution in [3.63, 3.8) is 0 Å². The van der Waals surface area contributed by atoms with E-state index in [4.69, 9.17) is 0 Å². The van der Waals surface area contributed by atoms with Gasteiger partial charge in [-0.15, -0.1) is 11.3 Å². The van der Waals surface area contributed by atoms with Gasteiger partial charge in [-0.3, -0.25) is 0 Å². The number of hydrogen-bond donors (Lipinski definition) is 1. The predicted octanol–water partition coefficient (Wildman–Crippen LogP) is 5.50. The van der Waals surface area contributed by atoms with Crippen LogP contribution in [0.4, 0.5) is 0 Å². The Morgan fingerprint density at radius 2 is 1.67 bits per heavy atom. The smallest absolute Gasteiger partial charge is 0.105 e. The van der Waals surface area contributed by atoms with Crippen molar-refractivity contribution in [3.8, 4) is 0 Å². The Balaban J connectivity index is 1.93. The third kappa shape index (κ3) is 2.74. The second-order valence-electron chi connectivity index (χ2n) is 5.57. The van der Waals surface area contributed by atoms with Crippen molar-refractivity contribution in [3.05, 3.63) is 70.6 Å². The average Bonchev–Trinajstić information content (AvgIpc) is 2.97. The van der Waals surface area contributed by atoms with E-state index in [1.807, 2.05) is 12.1 Å². The molecule has 21 heavy (non-hydrogen) atoms. The van der Waals surface area contributed by atoms with Gasteiger partial charge in [0.05, 0.1) is 0 Å². The van der Waals surface area contributed by atoms with E-state index in [2.05, 4.69) is 55.6 Å². The molecule has 2 heteroatoms. The zero-order valence-corrected chi connectivity index (χ0v) is 13.2. The largest absolute Gasteiger partial charge is 0.384 e. The number of hydrogen-bond acceptors (Lipinski definition) is 2. The van der Waals surface area contributed by atoms with Crippen LogP contribution in [-0.4, -0.2) is 5.11 Å². The van der Waals surface area contributed by atoms with Crippen LogP contribution >= 0.6 is 11.3 Å². The molecule has 0 bridgehead atoms. The number of aliphatic hydroxyl groups is 1. The molecule has 2 aromatic carbocycles. The van der Waals surface area contributed by atoms with E-state index < -0.39 is 6.10 Å². The van der Waals surface area contributed by atoms with Crippen LogP contribution < -0.4 is 0 Å². The summed E-state index contributed by atoms with van der Waals surface area (Å²) in [4.78, 5) is 0. The van der Waals surface area contributed by atoms with Crippen LogP contribution in [0, 0.1) is 0 Å². The van der Waals surface area contributed by atoms with Gasteiger partial charge in [0, 0.05) is 10.3 Å². The molecule has 0 saturated heterocycles. The van der Waals surface area contributed by atoms with Gasteiger partial charge in [0.25, 0.3) is 0 Å². The lowest BCUT2D eigenvalue weighted by Crippen LogP contribution is -1.99. The second-order valence-corrected chi connectivity index (χ2v) is 6.48. The van der Waals surface area contributed by atoms with Crippen molar-refractivity contribution in [1.29, 1.82) is 0 Å². The van der Waals surface area contributed by atoms with E-state index in [-0.39, 0.29) is 0 Å². The summed E-state index contributed by atoms with van der Waals surface area (Å²) in [5, 5.41) is 13.9. The summed E-state index contributed by atoms with van der Waals surface area (Å²) >= 11 is 1.69. The third-order valence-electron chi connectivity index (χ3n) is 4.24. The summed E-state index contributed by atoms with van der Waals surface area (Å²) in [5.41, 5.74) is 3.31. The summed E-state index contributed by atoms with van der Waals surface area (Å²) in [5.74, 6) is 0.568. The fraction of sp³-hybridized carbons (Fsp3) is 0.263. The van der Waals surface area contributed by atoms with Gasteiger partial charge in [0.2, 0.25) is 0 Å². The molecule has 1 aromatic heterocycles. The Kier molecular flexibility index (Phi) is 4.09. The standard InChI is InChI=1S/C19H20OS/c1-3-13(2)14-8-10-15(11-9-14)19(20)17-12-21-18-7-5-4-6-16(17)18/h4-13,19-20H,3H2,1-2H3. The molecular weight excluding hydrogens is 276 g/mol. The minimum atomic E-state index is -0.549. The molecule has 0 spiro atoms. The van der Waals surface area contributed by atoms with E-state index in [0.717, 1.165) is 22.9 Å². The zero-order chi connectivity index (χ0) is 14.8. The van der Waals surface area contributed by atoms with Gasteiger partial charge in [0.15, 0.2) is 0 Å². The second kappa shape index (κ2) is 6.00. The number of benzene rings is 2. The minimum Gasteiger partial charge on any atom is -0.384 e. The van der Waals surface area contributed by atoms with Crippen molar-refractivity contribution >= 4 is 21.4 Å². The quantitative estimate of drug-likeness (QED) is 0.674. The molecule has 0 aliphatic heterocycles. The Morgan fingerprint density at radius 3 is 2.38 bits per heavy atom. The monoisotopic (exact) mass is 296 g/mol. The first-order valence-corrected chi connectivity index (χ1v) is 8.32. The van der Waals surface area contributed by atoms with E-state index in [1.54, 1.807) is 11.3 Å². The lowest BCUT2D eigenvalue weighted by atomic mass is 9.95. The van der Waals surface area contributed by atoms with Gasteiger partial charge >= 0.3 is 0 Å². The Hall–Kier alpha value is -1.64. The maximum absolute atomic E-state index is 10.7. The van der Waals surface area contributed by atoms with Gasteiger partial charge in [-0.25, -0.2) is 0 Å².